The fraction of sp³-hybridized carbons (Fsp3) is 0.714. The van der Waals surface area contributed by atoms with Crippen LogP contribution in [0.1, 0.15) is 0 Å². The number of urea groups is 1. The topological polar surface area (TPSA) is 70.1 Å². The second-order valence-electron chi connectivity index (χ2n) is 3.27. The Labute approximate surface area is 74.7 Å². The molecular weight excluding hydrogens is 176 g/mol. The molecule has 13 heavy (non-hydrogen) atoms. The summed E-state index contributed by atoms with van der Waals surface area (Å²) in [5, 5.41) is 9.31. The molecule has 0 aromatic heterocycles. The zero-order valence-corrected chi connectivity index (χ0v) is 7.30. The van der Waals surface area contributed by atoms with Gasteiger partial charge in [0.1, 0.15) is 6.04 Å². The van der Waals surface area contributed by atoms with Crippen molar-refractivity contribution in [3.63, 3.8) is 0 Å². The summed E-state index contributed by atoms with van der Waals surface area (Å²) < 4.78 is 4.60. The van der Waals surface area contributed by atoms with Gasteiger partial charge in [0.05, 0.1) is 0 Å². The van der Waals surface area contributed by atoms with Crippen molar-refractivity contribution < 1.29 is 19.4 Å². The van der Waals surface area contributed by atoms with Crippen molar-refractivity contribution in [1.29, 1.82) is 0 Å². The molecule has 2 fully saturated rings. The molecule has 2 amide bonds. The molecular formula is C7H10N2O4. The summed E-state index contributed by atoms with van der Waals surface area (Å²) in [5.74, 6) is -0.544. The molecule has 0 radical (unpaired) electrons. The molecule has 2 heterocycles. The largest absolute Gasteiger partial charge is 0.432 e. The third-order valence-electron chi connectivity index (χ3n) is 2.56. The van der Waals surface area contributed by atoms with Gasteiger partial charge in [-0.05, 0) is 0 Å². The number of likely N-dealkylation sites (N-methyl/N-ethyl adjacent to an activating group) is 2. The number of hydrogen-bond acceptors (Lipinski definition) is 4. The highest BCUT2D eigenvalue weighted by atomic mass is 16.6. The normalized spacial score (nSPS) is 38.2. The van der Waals surface area contributed by atoms with Crippen LogP contribution >= 0.6 is 0 Å². The third kappa shape index (κ3) is 0.859. The molecule has 2 rings (SSSR count). The number of esters is 1. The predicted octanol–water partition coefficient (Wildman–Crippen LogP) is -1.40. The maximum atomic E-state index is 11.3. The lowest BCUT2D eigenvalue weighted by Crippen LogP contribution is -2.39. The van der Waals surface area contributed by atoms with Crippen LogP contribution in [0.2, 0.25) is 0 Å². The van der Waals surface area contributed by atoms with E-state index < -0.39 is 24.3 Å². The molecule has 0 saturated carbocycles. The molecule has 6 heteroatoms. The fourth-order valence-corrected chi connectivity index (χ4v) is 1.84. The second-order valence-corrected chi connectivity index (χ2v) is 3.27. The molecule has 6 nitrogen and oxygen atoms in total. The lowest BCUT2D eigenvalue weighted by Gasteiger charge is -2.17. The van der Waals surface area contributed by atoms with Crippen LogP contribution < -0.4 is 0 Å². The van der Waals surface area contributed by atoms with E-state index in [1.807, 2.05) is 0 Å². The van der Waals surface area contributed by atoms with Crippen molar-refractivity contribution in [2.45, 2.75) is 18.4 Å². The number of cyclic esters (lactones) is 1. The number of nitrogens with zero attached hydrogens (tertiary/aromatic N) is 2. The number of carbonyl (C=O) groups is 2. The number of rotatable bonds is 0. The second kappa shape index (κ2) is 2.35. The van der Waals surface area contributed by atoms with Gasteiger partial charge in [-0.15, -0.1) is 0 Å². The van der Waals surface area contributed by atoms with Crippen LogP contribution in [-0.2, 0) is 9.53 Å². The number of aliphatic hydroxyl groups is 1. The van der Waals surface area contributed by atoms with Crippen LogP contribution in [0.3, 0.4) is 0 Å². The van der Waals surface area contributed by atoms with Gasteiger partial charge < -0.3 is 19.6 Å². The van der Waals surface area contributed by atoms with Crippen molar-refractivity contribution in [3.05, 3.63) is 0 Å². The molecule has 72 valence electrons. The van der Waals surface area contributed by atoms with Gasteiger partial charge in [-0.2, -0.15) is 0 Å². The smallest absolute Gasteiger partial charge is 0.333 e. The minimum Gasteiger partial charge on any atom is -0.432 e. The zero-order chi connectivity index (χ0) is 9.75. The monoisotopic (exact) mass is 186 g/mol. The van der Waals surface area contributed by atoms with E-state index >= 15 is 0 Å². The van der Waals surface area contributed by atoms with Gasteiger partial charge in [0.25, 0.3) is 0 Å². The van der Waals surface area contributed by atoms with Crippen LogP contribution in [-0.4, -0.2) is 59.4 Å². The van der Waals surface area contributed by atoms with Crippen molar-refractivity contribution >= 4 is 12.0 Å². The maximum Gasteiger partial charge on any atom is 0.333 e. The highest BCUT2D eigenvalue weighted by Gasteiger charge is 2.56. The Morgan fingerprint density at radius 1 is 1.31 bits per heavy atom. The molecule has 3 unspecified atom stereocenters. The van der Waals surface area contributed by atoms with Gasteiger partial charge in [-0.25, -0.2) is 9.59 Å². The molecule has 0 spiro atoms. The molecule has 1 N–H and O–H groups in total. The van der Waals surface area contributed by atoms with Crippen molar-refractivity contribution in [1.82, 2.24) is 9.80 Å². The van der Waals surface area contributed by atoms with Crippen molar-refractivity contribution in [2.24, 2.45) is 0 Å². The summed E-state index contributed by atoms with van der Waals surface area (Å²) in [6.07, 6.45) is -1.20. The van der Waals surface area contributed by atoms with Gasteiger partial charge in [-0.3, -0.25) is 0 Å². The highest BCUT2D eigenvalue weighted by Crippen LogP contribution is 2.29. The van der Waals surface area contributed by atoms with E-state index in [0.29, 0.717) is 0 Å². The Bertz CT molecular complexity index is 280. The minimum absolute atomic E-state index is 0.272. The molecule has 2 aliphatic heterocycles. The maximum absolute atomic E-state index is 11.3. The highest BCUT2D eigenvalue weighted by molar-refractivity contribution is 5.90. The lowest BCUT2D eigenvalue weighted by molar-refractivity contribution is -0.158. The molecule has 0 aliphatic carbocycles. The molecule has 2 aliphatic rings. The first-order valence-electron chi connectivity index (χ1n) is 3.92. The SMILES string of the molecule is CN1C(=O)N(C)C2C(O)OC(=O)C21. The van der Waals surface area contributed by atoms with E-state index in [4.69, 9.17) is 0 Å². The predicted molar refractivity (Wildman–Crippen MR) is 40.6 cm³/mol. The first kappa shape index (κ1) is 8.31. The average Bonchev–Trinajstić information content (AvgIpc) is 2.47. The van der Waals surface area contributed by atoms with Crippen LogP contribution in [0.4, 0.5) is 4.79 Å². The quantitative estimate of drug-likeness (QED) is 0.472. The van der Waals surface area contributed by atoms with Crippen LogP contribution in [0, 0.1) is 0 Å². The number of ether oxygens (including phenoxy) is 1. The van der Waals surface area contributed by atoms with Crippen molar-refractivity contribution in [2.75, 3.05) is 14.1 Å². The number of aliphatic hydroxyl groups excluding tert-OH is 1. The van der Waals surface area contributed by atoms with Gasteiger partial charge in [0, 0.05) is 14.1 Å². The lowest BCUT2D eigenvalue weighted by atomic mass is 10.1. The summed E-state index contributed by atoms with van der Waals surface area (Å²) in [7, 11) is 3.05. The summed E-state index contributed by atoms with van der Waals surface area (Å²) in [6, 6.07) is -1.50. The van der Waals surface area contributed by atoms with Crippen LogP contribution in [0.5, 0.6) is 0 Å². The Morgan fingerprint density at radius 2 is 1.92 bits per heavy atom. The average molecular weight is 186 g/mol. The Kier molecular flexibility index (Phi) is 1.50. The fourth-order valence-electron chi connectivity index (χ4n) is 1.84. The summed E-state index contributed by atoms with van der Waals surface area (Å²) in [6.45, 7) is 0. The van der Waals surface area contributed by atoms with Crippen LogP contribution in [0.15, 0.2) is 0 Å². The van der Waals surface area contributed by atoms with E-state index in [9.17, 15) is 14.7 Å². The van der Waals surface area contributed by atoms with Gasteiger partial charge in [0.15, 0.2) is 6.04 Å². The zero-order valence-electron chi connectivity index (χ0n) is 7.30. The van der Waals surface area contributed by atoms with Gasteiger partial charge in [-0.1, -0.05) is 0 Å². The Balaban J connectivity index is 2.36. The third-order valence-corrected chi connectivity index (χ3v) is 2.56. The molecule has 0 aromatic rings. The van der Waals surface area contributed by atoms with Gasteiger partial charge >= 0.3 is 12.0 Å². The van der Waals surface area contributed by atoms with E-state index in [0.717, 1.165) is 0 Å². The Morgan fingerprint density at radius 3 is 2.46 bits per heavy atom. The number of fused-ring (bicyclic) bond motifs is 1. The molecule has 0 aromatic carbocycles. The summed E-state index contributed by atoms with van der Waals surface area (Å²) >= 11 is 0. The van der Waals surface area contributed by atoms with E-state index in [1.165, 1.54) is 23.9 Å². The summed E-state index contributed by atoms with van der Waals surface area (Å²) in [4.78, 5) is 25.1. The molecule has 0 bridgehead atoms. The number of hydrogen-bond donors (Lipinski definition) is 1. The van der Waals surface area contributed by atoms with E-state index in [2.05, 4.69) is 4.74 Å². The number of carbonyl (C=O) groups excluding carboxylic acids is 2. The minimum atomic E-state index is -1.20. The van der Waals surface area contributed by atoms with E-state index in [-0.39, 0.29) is 6.03 Å². The van der Waals surface area contributed by atoms with E-state index in [1.54, 1.807) is 0 Å². The van der Waals surface area contributed by atoms with Crippen LogP contribution in [0.25, 0.3) is 0 Å². The Hall–Kier alpha value is -1.30. The van der Waals surface area contributed by atoms with Crippen molar-refractivity contribution in [3.8, 4) is 0 Å². The first-order chi connectivity index (χ1) is 6.04. The summed E-state index contributed by atoms with van der Waals surface area (Å²) in [5.41, 5.74) is 0. The van der Waals surface area contributed by atoms with Gasteiger partial charge in [0.2, 0.25) is 6.29 Å². The number of amides is 2. The first-order valence-corrected chi connectivity index (χ1v) is 3.92. The standard InChI is InChI=1S/C7H10N2O4/c1-8-3-4(9(2)7(8)12)6(11)13-5(3)10/h3-5,10H,1-2H3. The molecule has 2 saturated heterocycles. The molecule has 3 atom stereocenters.